The lowest BCUT2D eigenvalue weighted by Gasteiger charge is -2.21. The zero-order valence-electron chi connectivity index (χ0n) is 12.3. The molecule has 1 aromatic rings. The maximum absolute atomic E-state index is 12.8. The molecule has 0 aromatic heterocycles. The van der Waals surface area contributed by atoms with Crippen molar-refractivity contribution in [2.24, 2.45) is 0 Å². The van der Waals surface area contributed by atoms with Gasteiger partial charge < -0.3 is 10.2 Å². The summed E-state index contributed by atoms with van der Waals surface area (Å²) < 4.78 is 27.2. The average molecular weight is 297 g/mol. The van der Waals surface area contributed by atoms with Crippen LogP contribution in [0.1, 0.15) is 12.0 Å². The highest BCUT2D eigenvalue weighted by molar-refractivity contribution is 7.89. The van der Waals surface area contributed by atoms with Gasteiger partial charge in [-0.3, -0.25) is 0 Å². The first-order chi connectivity index (χ1) is 9.46. The summed E-state index contributed by atoms with van der Waals surface area (Å²) in [5, 5.41) is 3.02. The van der Waals surface area contributed by atoms with Crippen molar-refractivity contribution in [1.82, 2.24) is 14.5 Å². The molecule has 0 saturated carbocycles. The van der Waals surface area contributed by atoms with Crippen molar-refractivity contribution in [3.05, 3.63) is 29.8 Å². The van der Waals surface area contributed by atoms with Crippen LogP contribution >= 0.6 is 0 Å². The van der Waals surface area contributed by atoms with Gasteiger partial charge in [0.2, 0.25) is 10.0 Å². The van der Waals surface area contributed by atoms with Crippen molar-refractivity contribution in [3.8, 4) is 0 Å². The van der Waals surface area contributed by atoms with E-state index in [0.29, 0.717) is 30.6 Å². The summed E-state index contributed by atoms with van der Waals surface area (Å²) >= 11 is 0. The molecule has 112 valence electrons. The van der Waals surface area contributed by atoms with Crippen LogP contribution in [0.5, 0.6) is 0 Å². The molecule has 1 aliphatic heterocycles. The Labute approximate surface area is 121 Å². The quantitative estimate of drug-likeness (QED) is 0.870. The Morgan fingerprint density at radius 1 is 1.35 bits per heavy atom. The van der Waals surface area contributed by atoms with Gasteiger partial charge >= 0.3 is 0 Å². The van der Waals surface area contributed by atoms with Crippen LogP contribution < -0.4 is 5.32 Å². The summed E-state index contributed by atoms with van der Waals surface area (Å²) in [4.78, 5) is 2.52. The van der Waals surface area contributed by atoms with Gasteiger partial charge in [0.05, 0.1) is 4.90 Å². The fraction of sp³-hybridized carbons (Fsp3) is 0.571. The van der Waals surface area contributed by atoms with E-state index in [4.69, 9.17) is 0 Å². The van der Waals surface area contributed by atoms with E-state index >= 15 is 0 Å². The lowest BCUT2D eigenvalue weighted by molar-refractivity contribution is 0.302. The Balaban J connectivity index is 2.28. The molecule has 5 nitrogen and oxygen atoms in total. The molecule has 0 aliphatic carbocycles. The maximum atomic E-state index is 12.8. The summed E-state index contributed by atoms with van der Waals surface area (Å²) in [6, 6.07) is 7.53. The van der Waals surface area contributed by atoms with Crippen LogP contribution in [0.15, 0.2) is 29.2 Å². The molecule has 1 aromatic carbocycles. The molecule has 6 heteroatoms. The Bertz CT molecular complexity index is 557. The van der Waals surface area contributed by atoms with Gasteiger partial charge in [-0.05, 0) is 39.2 Å². The van der Waals surface area contributed by atoms with Gasteiger partial charge in [-0.15, -0.1) is 0 Å². The normalized spacial score (nSPS) is 20.7. The van der Waals surface area contributed by atoms with Crippen LogP contribution in [0.4, 0.5) is 0 Å². The standard InChI is InChI=1S/C14H23N3O2S/c1-15-10-12-6-4-5-7-14(12)20(18,19)17-9-8-13(11-17)16(2)3/h4-7,13,15H,8-11H2,1-3H3. The third kappa shape index (κ3) is 3.03. The molecule has 1 heterocycles. The highest BCUT2D eigenvalue weighted by Gasteiger charge is 2.34. The minimum atomic E-state index is -3.39. The fourth-order valence-corrected chi connectivity index (χ4v) is 4.30. The first kappa shape index (κ1) is 15.4. The molecule has 20 heavy (non-hydrogen) atoms. The minimum absolute atomic E-state index is 0.307. The molecule has 1 aliphatic rings. The van der Waals surface area contributed by atoms with Crippen molar-refractivity contribution in [1.29, 1.82) is 0 Å². The molecule has 0 bridgehead atoms. The molecule has 1 fully saturated rings. The van der Waals surface area contributed by atoms with E-state index in [-0.39, 0.29) is 0 Å². The molecule has 1 unspecified atom stereocenters. The Morgan fingerprint density at radius 3 is 2.65 bits per heavy atom. The SMILES string of the molecule is CNCc1ccccc1S(=O)(=O)N1CCC(N(C)C)C1. The van der Waals surface area contributed by atoms with E-state index in [1.54, 1.807) is 16.4 Å². The second-order valence-corrected chi connectivity index (χ2v) is 7.31. The van der Waals surface area contributed by atoms with Gasteiger partial charge in [0.15, 0.2) is 0 Å². The molecule has 0 amide bonds. The van der Waals surface area contributed by atoms with Crippen molar-refractivity contribution in [3.63, 3.8) is 0 Å². The summed E-state index contributed by atoms with van der Waals surface area (Å²) in [5.74, 6) is 0. The number of benzene rings is 1. The number of hydrogen-bond acceptors (Lipinski definition) is 4. The van der Waals surface area contributed by atoms with Crippen molar-refractivity contribution in [2.45, 2.75) is 23.9 Å². The molecule has 0 spiro atoms. The molecular weight excluding hydrogens is 274 g/mol. The Hall–Kier alpha value is -0.950. The predicted octanol–water partition coefficient (Wildman–Crippen LogP) is 0.731. The van der Waals surface area contributed by atoms with Gasteiger partial charge in [0.25, 0.3) is 0 Å². The van der Waals surface area contributed by atoms with Gasteiger partial charge in [0, 0.05) is 25.7 Å². The molecule has 2 rings (SSSR count). The number of rotatable bonds is 5. The van der Waals surface area contributed by atoms with Crippen LogP contribution in [-0.4, -0.2) is 57.9 Å². The van der Waals surface area contributed by atoms with Gasteiger partial charge in [-0.1, -0.05) is 18.2 Å². The third-order valence-electron chi connectivity index (χ3n) is 3.81. The van der Waals surface area contributed by atoms with Crippen LogP contribution in [0.2, 0.25) is 0 Å². The van der Waals surface area contributed by atoms with Crippen molar-refractivity contribution in [2.75, 3.05) is 34.2 Å². The maximum Gasteiger partial charge on any atom is 0.243 e. The van der Waals surface area contributed by atoms with Gasteiger partial charge in [0.1, 0.15) is 0 Å². The van der Waals surface area contributed by atoms with Gasteiger partial charge in [-0.2, -0.15) is 4.31 Å². The Morgan fingerprint density at radius 2 is 2.05 bits per heavy atom. The first-order valence-electron chi connectivity index (χ1n) is 6.86. The fourth-order valence-electron chi connectivity index (χ4n) is 2.58. The highest BCUT2D eigenvalue weighted by Crippen LogP contribution is 2.25. The molecule has 1 saturated heterocycles. The second-order valence-electron chi connectivity index (χ2n) is 5.41. The van der Waals surface area contributed by atoms with Crippen LogP contribution in [0.25, 0.3) is 0 Å². The van der Waals surface area contributed by atoms with Crippen LogP contribution in [0.3, 0.4) is 0 Å². The van der Waals surface area contributed by atoms with Crippen molar-refractivity contribution < 1.29 is 8.42 Å². The first-order valence-corrected chi connectivity index (χ1v) is 8.30. The molecule has 1 atom stereocenters. The Kier molecular flexibility index (Phi) is 4.80. The highest BCUT2D eigenvalue weighted by atomic mass is 32.2. The van der Waals surface area contributed by atoms with Crippen molar-refractivity contribution >= 4 is 10.0 Å². The van der Waals surface area contributed by atoms with Crippen LogP contribution in [-0.2, 0) is 16.6 Å². The topological polar surface area (TPSA) is 52.7 Å². The molecule has 0 radical (unpaired) electrons. The number of nitrogens with one attached hydrogen (secondary N) is 1. The summed E-state index contributed by atoms with van der Waals surface area (Å²) in [6.45, 7) is 1.72. The minimum Gasteiger partial charge on any atom is -0.316 e. The predicted molar refractivity (Wildman–Crippen MR) is 80.1 cm³/mol. The van der Waals surface area contributed by atoms with E-state index in [9.17, 15) is 8.42 Å². The summed E-state index contributed by atoms with van der Waals surface area (Å²) in [5.41, 5.74) is 0.823. The second kappa shape index (κ2) is 6.22. The largest absolute Gasteiger partial charge is 0.316 e. The van der Waals surface area contributed by atoms with E-state index < -0.39 is 10.0 Å². The van der Waals surface area contributed by atoms with E-state index in [2.05, 4.69) is 10.2 Å². The number of likely N-dealkylation sites (N-methyl/N-ethyl adjacent to an activating group) is 1. The summed E-state index contributed by atoms with van der Waals surface area (Å²) in [6.07, 6.45) is 0.889. The average Bonchev–Trinajstić information content (AvgIpc) is 2.90. The van der Waals surface area contributed by atoms with E-state index in [1.807, 2.05) is 33.3 Å². The lowest BCUT2D eigenvalue weighted by atomic mass is 10.2. The summed E-state index contributed by atoms with van der Waals surface area (Å²) in [7, 11) is 2.42. The van der Waals surface area contributed by atoms with Gasteiger partial charge in [-0.25, -0.2) is 8.42 Å². The monoisotopic (exact) mass is 297 g/mol. The van der Waals surface area contributed by atoms with Crippen LogP contribution in [0, 0.1) is 0 Å². The third-order valence-corrected chi connectivity index (χ3v) is 5.78. The number of sulfonamides is 1. The van der Waals surface area contributed by atoms with E-state index in [0.717, 1.165) is 12.0 Å². The van der Waals surface area contributed by atoms with E-state index in [1.165, 1.54) is 0 Å². The number of nitrogens with zero attached hydrogens (tertiary/aromatic N) is 2. The zero-order valence-corrected chi connectivity index (χ0v) is 13.2. The lowest BCUT2D eigenvalue weighted by Crippen LogP contribution is -2.35. The smallest absolute Gasteiger partial charge is 0.243 e. The molecule has 1 N–H and O–H groups in total. The number of hydrogen-bond donors (Lipinski definition) is 1. The molecular formula is C14H23N3O2S. The zero-order chi connectivity index (χ0) is 14.8.